The van der Waals surface area contributed by atoms with E-state index in [1.54, 1.807) is 29.2 Å². The van der Waals surface area contributed by atoms with Crippen molar-refractivity contribution in [3.8, 4) is 5.75 Å². The summed E-state index contributed by atoms with van der Waals surface area (Å²) in [5.41, 5.74) is 2.15. The lowest BCUT2D eigenvalue weighted by Crippen LogP contribution is -2.50. The quantitative estimate of drug-likeness (QED) is 0.425. The Bertz CT molecular complexity index is 870. The van der Waals surface area contributed by atoms with Crippen molar-refractivity contribution in [2.75, 3.05) is 6.61 Å². The van der Waals surface area contributed by atoms with Gasteiger partial charge in [-0.3, -0.25) is 9.59 Å². The molecule has 0 spiro atoms. The minimum atomic E-state index is -0.505. The third-order valence-electron chi connectivity index (χ3n) is 5.44. The van der Waals surface area contributed by atoms with Crippen molar-refractivity contribution in [1.29, 1.82) is 0 Å². The number of hydrogen-bond acceptors (Lipinski definition) is 3. The van der Waals surface area contributed by atoms with Crippen LogP contribution in [0.4, 0.5) is 0 Å². The van der Waals surface area contributed by atoms with E-state index in [0.29, 0.717) is 37.4 Å². The Morgan fingerprint density at radius 3 is 2.44 bits per heavy atom. The molecule has 5 nitrogen and oxygen atoms in total. The van der Waals surface area contributed by atoms with Crippen molar-refractivity contribution in [2.45, 2.75) is 72.0 Å². The van der Waals surface area contributed by atoms with Gasteiger partial charge in [0.1, 0.15) is 11.8 Å². The lowest BCUT2D eigenvalue weighted by molar-refractivity contribution is -0.141. The largest absolute Gasteiger partial charge is 0.494 e. The fourth-order valence-electron chi connectivity index (χ4n) is 3.46. The molecular formula is C26H35ClN2O3. The molecule has 0 aliphatic heterocycles. The highest BCUT2D eigenvalue weighted by Gasteiger charge is 2.28. The van der Waals surface area contributed by atoms with Crippen LogP contribution in [0.1, 0.15) is 57.6 Å². The highest BCUT2D eigenvalue weighted by atomic mass is 35.5. The summed E-state index contributed by atoms with van der Waals surface area (Å²) in [6, 6.07) is 14.8. The summed E-state index contributed by atoms with van der Waals surface area (Å²) in [6.07, 6.45) is 2.28. The van der Waals surface area contributed by atoms with E-state index in [-0.39, 0.29) is 17.9 Å². The first-order chi connectivity index (χ1) is 15.3. The predicted octanol–water partition coefficient (Wildman–Crippen LogP) is 5.53. The zero-order valence-corrected chi connectivity index (χ0v) is 20.3. The molecule has 0 fully saturated rings. The van der Waals surface area contributed by atoms with Gasteiger partial charge in [-0.1, -0.05) is 55.3 Å². The predicted molar refractivity (Wildman–Crippen MR) is 130 cm³/mol. The van der Waals surface area contributed by atoms with Crippen molar-refractivity contribution in [2.24, 2.45) is 0 Å². The number of amides is 2. The second-order valence-corrected chi connectivity index (χ2v) is 8.59. The molecule has 2 aromatic carbocycles. The molecule has 0 bridgehead atoms. The molecule has 2 atom stereocenters. The summed E-state index contributed by atoms with van der Waals surface area (Å²) in [7, 11) is 0. The maximum atomic E-state index is 13.2. The third kappa shape index (κ3) is 8.19. The van der Waals surface area contributed by atoms with Gasteiger partial charge in [0.2, 0.25) is 11.8 Å². The van der Waals surface area contributed by atoms with Crippen molar-refractivity contribution < 1.29 is 14.3 Å². The average Bonchev–Trinajstić information content (AvgIpc) is 2.77. The van der Waals surface area contributed by atoms with Crippen LogP contribution in [0.3, 0.4) is 0 Å². The molecule has 0 saturated heterocycles. The zero-order chi connectivity index (χ0) is 23.5. The van der Waals surface area contributed by atoms with Gasteiger partial charge in [0.05, 0.1) is 6.61 Å². The molecular weight excluding hydrogens is 424 g/mol. The fourth-order valence-corrected chi connectivity index (χ4v) is 3.58. The number of halogens is 1. The Labute approximate surface area is 197 Å². The van der Waals surface area contributed by atoms with Gasteiger partial charge in [-0.15, -0.1) is 0 Å². The number of nitrogens with zero attached hydrogens (tertiary/aromatic N) is 1. The lowest BCUT2D eigenvalue weighted by Gasteiger charge is -2.31. The van der Waals surface area contributed by atoms with Crippen molar-refractivity contribution in [3.63, 3.8) is 0 Å². The van der Waals surface area contributed by atoms with Crippen LogP contribution in [0, 0.1) is 6.92 Å². The minimum absolute atomic E-state index is 0.0441. The molecule has 2 aromatic rings. The molecule has 6 heteroatoms. The van der Waals surface area contributed by atoms with E-state index in [9.17, 15) is 9.59 Å². The summed E-state index contributed by atoms with van der Waals surface area (Å²) in [6.45, 7) is 8.80. The highest BCUT2D eigenvalue weighted by molar-refractivity contribution is 6.30. The van der Waals surface area contributed by atoms with Crippen LogP contribution in [0.2, 0.25) is 5.02 Å². The number of hydrogen-bond donors (Lipinski definition) is 1. The fraction of sp³-hybridized carbons (Fsp3) is 0.462. The molecule has 2 amide bonds. The van der Waals surface area contributed by atoms with Gasteiger partial charge in [0, 0.05) is 24.0 Å². The topological polar surface area (TPSA) is 58.6 Å². The number of carbonyl (C=O) groups excluding carboxylic acids is 2. The number of benzene rings is 2. The van der Waals surface area contributed by atoms with Crippen LogP contribution < -0.4 is 10.1 Å². The minimum Gasteiger partial charge on any atom is -0.494 e. The van der Waals surface area contributed by atoms with Crippen LogP contribution in [0.15, 0.2) is 48.5 Å². The Morgan fingerprint density at radius 1 is 1.09 bits per heavy atom. The standard InChI is InChI=1S/C26H35ClN2O3/c1-5-20(4)28-26(31)24(6-2)29(18-21-10-7-9-19(3)17-21)25(30)11-8-16-32-23-14-12-22(27)13-15-23/h7,9-10,12-15,17,20,24H,5-6,8,11,16,18H2,1-4H3,(H,28,31)/t20-,24-/m1/s1. The monoisotopic (exact) mass is 458 g/mol. The summed E-state index contributed by atoms with van der Waals surface area (Å²) in [5.74, 6) is 0.579. The first kappa shape index (κ1) is 25.7. The van der Waals surface area contributed by atoms with E-state index >= 15 is 0 Å². The smallest absolute Gasteiger partial charge is 0.243 e. The van der Waals surface area contributed by atoms with Crippen molar-refractivity contribution in [3.05, 3.63) is 64.7 Å². The summed E-state index contributed by atoms with van der Waals surface area (Å²) < 4.78 is 5.72. The summed E-state index contributed by atoms with van der Waals surface area (Å²) in [5, 5.41) is 3.69. The van der Waals surface area contributed by atoms with Crippen LogP contribution >= 0.6 is 11.6 Å². The molecule has 174 valence electrons. The second kappa shape index (κ2) is 13.1. The van der Waals surface area contributed by atoms with Gasteiger partial charge in [-0.2, -0.15) is 0 Å². The van der Waals surface area contributed by atoms with Gasteiger partial charge in [-0.05, 0) is 62.9 Å². The number of nitrogens with one attached hydrogen (secondary N) is 1. The maximum Gasteiger partial charge on any atom is 0.243 e. The van der Waals surface area contributed by atoms with Gasteiger partial charge >= 0.3 is 0 Å². The second-order valence-electron chi connectivity index (χ2n) is 8.16. The molecule has 0 heterocycles. The number of ether oxygens (including phenoxy) is 1. The van der Waals surface area contributed by atoms with Crippen LogP contribution in [-0.4, -0.2) is 35.4 Å². The Hall–Kier alpha value is -2.53. The van der Waals surface area contributed by atoms with E-state index in [4.69, 9.17) is 16.3 Å². The van der Waals surface area contributed by atoms with Crippen LogP contribution in [0.5, 0.6) is 5.75 Å². The van der Waals surface area contributed by atoms with Gasteiger partial charge in [-0.25, -0.2) is 0 Å². The highest BCUT2D eigenvalue weighted by Crippen LogP contribution is 2.18. The summed E-state index contributed by atoms with van der Waals surface area (Å²) in [4.78, 5) is 27.9. The third-order valence-corrected chi connectivity index (χ3v) is 5.69. The molecule has 32 heavy (non-hydrogen) atoms. The Morgan fingerprint density at radius 2 is 1.81 bits per heavy atom. The van der Waals surface area contributed by atoms with E-state index < -0.39 is 6.04 Å². The molecule has 0 aromatic heterocycles. The van der Waals surface area contributed by atoms with E-state index in [0.717, 1.165) is 23.3 Å². The van der Waals surface area contributed by atoms with E-state index in [2.05, 4.69) is 11.4 Å². The first-order valence-corrected chi connectivity index (χ1v) is 11.8. The molecule has 0 saturated carbocycles. The van der Waals surface area contributed by atoms with Gasteiger partial charge < -0.3 is 15.0 Å². The van der Waals surface area contributed by atoms with E-state index in [1.165, 1.54) is 0 Å². The SMILES string of the molecule is CC[C@@H](C)NC(=O)[C@@H](CC)N(Cc1cccc(C)c1)C(=O)CCCOc1ccc(Cl)cc1. The molecule has 2 rings (SSSR count). The number of aryl methyl sites for hydroxylation is 1. The number of rotatable bonds is 12. The molecule has 0 aliphatic rings. The van der Waals surface area contributed by atoms with Crippen molar-refractivity contribution in [1.82, 2.24) is 10.2 Å². The molecule has 0 unspecified atom stereocenters. The molecule has 1 N–H and O–H groups in total. The molecule has 0 radical (unpaired) electrons. The first-order valence-electron chi connectivity index (χ1n) is 11.4. The molecule has 0 aliphatic carbocycles. The maximum absolute atomic E-state index is 13.2. The number of carbonyl (C=O) groups is 2. The van der Waals surface area contributed by atoms with Crippen LogP contribution in [0.25, 0.3) is 0 Å². The normalized spacial score (nSPS) is 12.7. The zero-order valence-electron chi connectivity index (χ0n) is 19.6. The summed E-state index contributed by atoms with van der Waals surface area (Å²) >= 11 is 5.90. The lowest BCUT2D eigenvalue weighted by atomic mass is 10.1. The van der Waals surface area contributed by atoms with Crippen LogP contribution in [-0.2, 0) is 16.1 Å². The van der Waals surface area contributed by atoms with Crippen molar-refractivity contribution >= 4 is 23.4 Å². The van der Waals surface area contributed by atoms with E-state index in [1.807, 2.05) is 45.9 Å². The Kier molecular flexibility index (Phi) is 10.5. The van der Waals surface area contributed by atoms with Gasteiger partial charge in [0.25, 0.3) is 0 Å². The average molecular weight is 459 g/mol. The Balaban J connectivity index is 2.06. The van der Waals surface area contributed by atoms with Gasteiger partial charge in [0.15, 0.2) is 0 Å².